The maximum absolute atomic E-state index is 13.0. The van der Waals surface area contributed by atoms with Gasteiger partial charge in [-0.15, -0.1) is 5.10 Å². The lowest BCUT2D eigenvalue weighted by Crippen LogP contribution is -2.39. The van der Waals surface area contributed by atoms with Gasteiger partial charge in [-0.25, -0.2) is 4.68 Å². The van der Waals surface area contributed by atoms with Gasteiger partial charge in [0.2, 0.25) is 5.91 Å². The van der Waals surface area contributed by atoms with Crippen molar-refractivity contribution in [3.63, 3.8) is 0 Å². The molecule has 1 unspecified atom stereocenters. The van der Waals surface area contributed by atoms with Crippen LogP contribution in [0.4, 0.5) is 13.2 Å². The molecule has 9 heteroatoms. The predicted molar refractivity (Wildman–Crippen MR) is 61.2 cm³/mol. The van der Waals surface area contributed by atoms with Gasteiger partial charge in [0.1, 0.15) is 12.9 Å². The van der Waals surface area contributed by atoms with Gasteiger partial charge >= 0.3 is 6.18 Å². The third-order valence-electron chi connectivity index (χ3n) is 2.46. The lowest BCUT2D eigenvalue weighted by molar-refractivity contribution is -0.163. The molecule has 0 fully saturated rings. The lowest BCUT2D eigenvalue weighted by Gasteiger charge is -2.21. The fourth-order valence-electron chi connectivity index (χ4n) is 1.61. The molecular formula is C11H10F3N5O. The Morgan fingerprint density at radius 1 is 1.30 bits per heavy atom. The molecule has 1 heterocycles. The van der Waals surface area contributed by atoms with E-state index in [1.54, 1.807) is 6.07 Å². The maximum atomic E-state index is 13.0. The molecule has 1 aromatic heterocycles. The number of carbonyl (C=O) groups is 1. The largest absolute Gasteiger partial charge is 0.412 e. The summed E-state index contributed by atoms with van der Waals surface area (Å²) in [4.78, 5) is 11.6. The van der Waals surface area contributed by atoms with Crippen LogP contribution in [0.5, 0.6) is 0 Å². The van der Waals surface area contributed by atoms with Gasteiger partial charge in [-0.3, -0.25) is 4.79 Å². The van der Waals surface area contributed by atoms with Crippen LogP contribution in [-0.2, 0) is 11.3 Å². The van der Waals surface area contributed by atoms with Gasteiger partial charge in [0, 0.05) is 0 Å². The molecule has 2 aromatic rings. The summed E-state index contributed by atoms with van der Waals surface area (Å²) in [7, 11) is 0. The van der Waals surface area contributed by atoms with Crippen LogP contribution >= 0.6 is 0 Å². The Hall–Kier alpha value is -2.45. The van der Waals surface area contributed by atoms with E-state index in [-0.39, 0.29) is 12.1 Å². The van der Waals surface area contributed by atoms with Crippen LogP contribution in [0, 0.1) is 0 Å². The number of aromatic nitrogens is 4. The number of rotatable bonds is 4. The van der Waals surface area contributed by atoms with Crippen LogP contribution < -0.4 is 5.32 Å². The minimum atomic E-state index is -4.59. The topological polar surface area (TPSA) is 72.7 Å². The van der Waals surface area contributed by atoms with E-state index in [0.717, 1.165) is 11.0 Å². The van der Waals surface area contributed by atoms with Gasteiger partial charge < -0.3 is 5.32 Å². The second kappa shape index (κ2) is 5.68. The summed E-state index contributed by atoms with van der Waals surface area (Å²) in [5.41, 5.74) is -0.0370. The molecule has 20 heavy (non-hydrogen) atoms. The number of nitrogens with zero attached hydrogens (tertiary/aromatic N) is 4. The molecule has 0 bridgehead atoms. The average molecular weight is 285 g/mol. The van der Waals surface area contributed by atoms with Crippen molar-refractivity contribution in [2.75, 3.05) is 0 Å². The summed E-state index contributed by atoms with van der Waals surface area (Å²) in [6, 6.07) is 5.08. The minimum absolute atomic E-state index is 0.0370. The van der Waals surface area contributed by atoms with Crippen LogP contribution in [0.1, 0.15) is 11.6 Å². The van der Waals surface area contributed by atoms with Gasteiger partial charge in [0.25, 0.3) is 0 Å². The predicted octanol–water partition coefficient (Wildman–Crippen LogP) is 1.09. The van der Waals surface area contributed by atoms with Gasteiger partial charge in [0.05, 0.1) is 0 Å². The normalized spacial score (nSPS) is 12.9. The Bertz CT molecular complexity index is 555. The summed E-state index contributed by atoms with van der Waals surface area (Å²) in [6.45, 7) is -0.383. The maximum Gasteiger partial charge on any atom is 0.412 e. The Balaban J connectivity index is 2.11. The van der Waals surface area contributed by atoms with E-state index in [1.807, 2.05) is 5.32 Å². The fraction of sp³-hybridized carbons (Fsp3) is 0.273. The molecule has 6 nitrogen and oxygen atoms in total. The van der Waals surface area contributed by atoms with Crippen molar-refractivity contribution in [3.05, 3.63) is 42.2 Å². The molecule has 2 rings (SSSR count). The molecule has 0 radical (unpaired) electrons. The second-order valence-electron chi connectivity index (χ2n) is 3.96. The van der Waals surface area contributed by atoms with Crippen molar-refractivity contribution in [1.29, 1.82) is 0 Å². The number of alkyl halides is 3. The quantitative estimate of drug-likeness (QED) is 0.912. The van der Waals surface area contributed by atoms with Crippen molar-refractivity contribution in [2.45, 2.75) is 18.8 Å². The van der Waals surface area contributed by atoms with E-state index in [4.69, 9.17) is 0 Å². The minimum Gasteiger partial charge on any atom is -0.339 e. The number of carbonyl (C=O) groups excluding carboxylic acids is 1. The van der Waals surface area contributed by atoms with Crippen molar-refractivity contribution in [1.82, 2.24) is 25.5 Å². The molecule has 0 aliphatic rings. The smallest absolute Gasteiger partial charge is 0.339 e. The Morgan fingerprint density at radius 2 is 2.00 bits per heavy atom. The first-order valence-corrected chi connectivity index (χ1v) is 5.58. The van der Waals surface area contributed by atoms with Crippen LogP contribution in [0.15, 0.2) is 36.7 Å². The number of amides is 1. The molecule has 106 valence electrons. The van der Waals surface area contributed by atoms with E-state index >= 15 is 0 Å². The zero-order valence-corrected chi connectivity index (χ0v) is 10.1. The second-order valence-corrected chi connectivity index (χ2v) is 3.96. The molecule has 1 atom stereocenters. The number of hydrogen-bond acceptors (Lipinski definition) is 4. The van der Waals surface area contributed by atoms with Crippen molar-refractivity contribution >= 4 is 5.91 Å². The van der Waals surface area contributed by atoms with Gasteiger partial charge in [-0.2, -0.15) is 13.2 Å². The summed E-state index contributed by atoms with van der Waals surface area (Å²) >= 11 is 0. The van der Waals surface area contributed by atoms with Crippen molar-refractivity contribution in [3.8, 4) is 0 Å². The Morgan fingerprint density at radius 3 is 2.55 bits per heavy atom. The first kappa shape index (κ1) is 14.0. The molecule has 0 aliphatic heterocycles. The lowest BCUT2D eigenvalue weighted by atomic mass is 10.1. The van der Waals surface area contributed by atoms with Gasteiger partial charge in [0.15, 0.2) is 6.04 Å². The van der Waals surface area contributed by atoms with Gasteiger partial charge in [-0.1, -0.05) is 30.3 Å². The standard InChI is InChI=1S/C11H10F3N5O/c12-11(13,14)10(8-4-2-1-3-5-8)16-9(20)6-19-7-15-17-18-19/h1-5,7,10H,6H2,(H,16,20). The number of hydrogen-bond donors (Lipinski definition) is 1. The summed E-state index contributed by atoms with van der Waals surface area (Å²) in [6.07, 6.45) is -3.44. The molecule has 0 aliphatic carbocycles. The van der Waals surface area contributed by atoms with E-state index in [2.05, 4.69) is 15.5 Å². The summed E-state index contributed by atoms with van der Waals surface area (Å²) in [5.74, 6) is -0.830. The number of nitrogens with one attached hydrogen (secondary N) is 1. The highest BCUT2D eigenvalue weighted by atomic mass is 19.4. The number of tetrazole rings is 1. The molecule has 0 saturated heterocycles. The average Bonchev–Trinajstić information content (AvgIpc) is 2.88. The first-order chi connectivity index (χ1) is 9.47. The molecule has 1 N–H and O–H groups in total. The molecule has 0 saturated carbocycles. The van der Waals surface area contributed by atoms with Crippen molar-refractivity contribution in [2.24, 2.45) is 0 Å². The van der Waals surface area contributed by atoms with Crippen LogP contribution in [0.3, 0.4) is 0 Å². The van der Waals surface area contributed by atoms with Crippen LogP contribution in [0.25, 0.3) is 0 Å². The molecule has 1 aromatic carbocycles. The molecule has 1 amide bonds. The number of benzene rings is 1. The third-order valence-corrected chi connectivity index (χ3v) is 2.46. The summed E-state index contributed by atoms with van der Waals surface area (Å²) in [5, 5.41) is 11.9. The van der Waals surface area contributed by atoms with E-state index < -0.39 is 18.1 Å². The zero-order valence-electron chi connectivity index (χ0n) is 10.1. The molecule has 0 spiro atoms. The van der Waals surface area contributed by atoms with E-state index in [1.165, 1.54) is 24.3 Å². The van der Waals surface area contributed by atoms with E-state index in [9.17, 15) is 18.0 Å². The first-order valence-electron chi connectivity index (χ1n) is 5.58. The van der Waals surface area contributed by atoms with Crippen LogP contribution in [0.2, 0.25) is 0 Å². The Labute approximate surface area is 111 Å². The van der Waals surface area contributed by atoms with Crippen LogP contribution in [-0.4, -0.2) is 32.3 Å². The third kappa shape index (κ3) is 3.53. The highest BCUT2D eigenvalue weighted by Gasteiger charge is 2.41. The Kier molecular flexibility index (Phi) is 3.97. The van der Waals surface area contributed by atoms with Crippen molar-refractivity contribution < 1.29 is 18.0 Å². The van der Waals surface area contributed by atoms with Gasteiger partial charge in [-0.05, 0) is 16.0 Å². The highest BCUT2D eigenvalue weighted by Crippen LogP contribution is 2.32. The summed E-state index contributed by atoms with van der Waals surface area (Å²) < 4.78 is 40.0. The van der Waals surface area contributed by atoms with E-state index in [0.29, 0.717) is 0 Å². The SMILES string of the molecule is O=C(Cn1cnnn1)NC(c1ccccc1)C(F)(F)F. The highest BCUT2D eigenvalue weighted by molar-refractivity contribution is 5.76. The number of halogens is 3. The fourth-order valence-corrected chi connectivity index (χ4v) is 1.61. The monoisotopic (exact) mass is 285 g/mol. The molecular weight excluding hydrogens is 275 g/mol. The zero-order chi connectivity index (χ0) is 14.6.